The minimum Gasteiger partial charge on any atom is -0.434 e. The summed E-state index contributed by atoms with van der Waals surface area (Å²) in [4.78, 5) is 12.1. The summed E-state index contributed by atoms with van der Waals surface area (Å²) in [6.07, 6.45) is 1.85. The molecule has 6 heteroatoms. The lowest BCUT2D eigenvalue weighted by Crippen LogP contribution is -2.26. The Morgan fingerprint density at radius 2 is 1.84 bits per heavy atom. The molecule has 0 atom stereocenters. The number of nitrogens with zero attached hydrogens (tertiary/aromatic N) is 1. The van der Waals surface area contributed by atoms with E-state index in [1.165, 1.54) is 24.3 Å². The number of ether oxygens (including phenoxy) is 1. The Hall–Kier alpha value is -3.20. The van der Waals surface area contributed by atoms with Gasteiger partial charge in [-0.3, -0.25) is 4.79 Å². The molecule has 0 unspecified atom stereocenters. The third-order valence-electron chi connectivity index (χ3n) is 3.34. The van der Waals surface area contributed by atoms with E-state index in [0.29, 0.717) is 13.0 Å². The van der Waals surface area contributed by atoms with Crippen LogP contribution in [0.4, 0.5) is 8.78 Å². The topological polar surface area (TPSA) is 62.1 Å². The van der Waals surface area contributed by atoms with Gasteiger partial charge in [0.2, 0.25) is 0 Å². The number of nitriles is 1. The predicted molar refractivity (Wildman–Crippen MR) is 89.8 cm³/mol. The predicted octanol–water partition coefficient (Wildman–Crippen LogP) is 3.55. The zero-order chi connectivity index (χ0) is 18.1. The standard InChI is InChI=1S/C19H16F2N2O2/c20-19(21)25-17-9-5-4-8-15(17)12-16(13-22)18(24)23-11-10-14-6-2-1-3-7-14/h1-9,12,19H,10-11H2,(H,23,24). The van der Waals surface area contributed by atoms with Gasteiger partial charge in [-0.25, -0.2) is 0 Å². The maximum Gasteiger partial charge on any atom is 0.387 e. The zero-order valence-corrected chi connectivity index (χ0v) is 13.3. The Kier molecular flexibility index (Phi) is 6.66. The van der Waals surface area contributed by atoms with Gasteiger partial charge in [-0.05, 0) is 24.1 Å². The second kappa shape index (κ2) is 9.18. The molecular formula is C19H16F2N2O2. The van der Waals surface area contributed by atoms with E-state index in [0.717, 1.165) is 5.56 Å². The fourth-order valence-corrected chi connectivity index (χ4v) is 2.17. The van der Waals surface area contributed by atoms with Crippen molar-refractivity contribution >= 4 is 12.0 Å². The van der Waals surface area contributed by atoms with Crippen LogP contribution in [0.25, 0.3) is 6.08 Å². The van der Waals surface area contributed by atoms with Crippen LogP contribution >= 0.6 is 0 Å². The van der Waals surface area contributed by atoms with Gasteiger partial charge < -0.3 is 10.1 Å². The monoisotopic (exact) mass is 342 g/mol. The number of benzene rings is 2. The molecule has 0 saturated carbocycles. The maximum atomic E-state index is 12.4. The molecule has 4 nitrogen and oxygen atoms in total. The van der Waals surface area contributed by atoms with Gasteiger partial charge in [-0.2, -0.15) is 14.0 Å². The van der Waals surface area contributed by atoms with Crippen molar-refractivity contribution < 1.29 is 18.3 Å². The summed E-state index contributed by atoms with van der Waals surface area (Å²) in [5, 5.41) is 11.8. The number of carbonyl (C=O) groups excluding carboxylic acids is 1. The van der Waals surface area contributed by atoms with Crippen LogP contribution in [0.15, 0.2) is 60.2 Å². The van der Waals surface area contributed by atoms with E-state index in [-0.39, 0.29) is 16.9 Å². The van der Waals surface area contributed by atoms with Gasteiger partial charge in [-0.15, -0.1) is 0 Å². The average Bonchev–Trinajstić information content (AvgIpc) is 2.61. The molecule has 25 heavy (non-hydrogen) atoms. The van der Waals surface area contributed by atoms with E-state index in [2.05, 4.69) is 10.1 Å². The third kappa shape index (κ3) is 5.74. The Labute approximate surface area is 144 Å². The Morgan fingerprint density at radius 1 is 1.16 bits per heavy atom. The van der Waals surface area contributed by atoms with Gasteiger partial charge in [0.15, 0.2) is 0 Å². The lowest BCUT2D eigenvalue weighted by atomic mass is 10.1. The van der Waals surface area contributed by atoms with Crippen LogP contribution in [-0.4, -0.2) is 19.1 Å². The minimum atomic E-state index is -2.99. The molecule has 2 aromatic rings. The summed E-state index contributed by atoms with van der Waals surface area (Å²) in [5.74, 6) is -0.660. The molecular weight excluding hydrogens is 326 g/mol. The van der Waals surface area contributed by atoms with Gasteiger partial charge in [0.25, 0.3) is 5.91 Å². The van der Waals surface area contributed by atoms with Crippen LogP contribution < -0.4 is 10.1 Å². The molecule has 128 valence electrons. The summed E-state index contributed by atoms with van der Waals surface area (Å²) < 4.78 is 29.2. The molecule has 2 rings (SSSR count). The third-order valence-corrected chi connectivity index (χ3v) is 3.34. The molecule has 0 heterocycles. The van der Waals surface area contributed by atoms with Crippen LogP contribution in [-0.2, 0) is 11.2 Å². The second-order valence-electron chi connectivity index (χ2n) is 5.08. The van der Waals surface area contributed by atoms with Crippen molar-refractivity contribution in [2.75, 3.05) is 6.54 Å². The quantitative estimate of drug-likeness (QED) is 0.618. The maximum absolute atomic E-state index is 12.4. The number of rotatable bonds is 7. The van der Waals surface area contributed by atoms with E-state index in [1.54, 1.807) is 12.1 Å². The van der Waals surface area contributed by atoms with Gasteiger partial charge in [0, 0.05) is 12.1 Å². The normalized spacial score (nSPS) is 11.0. The highest BCUT2D eigenvalue weighted by molar-refractivity contribution is 6.01. The van der Waals surface area contributed by atoms with Crippen molar-refractivity contribution in [1.82, 2.24) is 5.32 Å². The van der Waals surface area contributed by atoms with E-state index in [4.69, 9.17) is 0 Å². The van der Waals surface area contributed by atoms with Gasteiger partial charge in [-0.1, -0.05) is 48.5 Å². The lowest BCUT2D eigenvalue weighted by molar-refractivity contribution is -0.117. The highest BCUT2D eigenvalue weighted by atomic mass is 19.3. The SMILES string of the molecule is N#CC(=Cc1ccccc1OC(F)F)C(=O)NCCc1ccccc1. The molecule has 1 amide bonds. The molecule has 0 aliphatic carbocycles. The number of alkyl halides is 2. The fraction of sp³-hybridized carbons (Fsp3) is 0.158. The zero-order valence-electron chi connectivity index (χ0n) is 13.3. The van der Waals surface area contributed by atoms with Crippen molar-refractivity contribution in [3.8, 4) is 11.8 Å². The number of para-hydroxylation sites is 1. The van der Waals surface area contributed by atoms with Crippen LogP contribution in [0.2, 0.25) is 0 Å². The van der Waals surface area contributed by atoms with Crippen molar-refractivity contribution in [2.24, 2.45) is 0 Å². The van der Waals surface area contributed by atoms with Crippen molar-refractivity contribution in [1.29, 1.82) is 5.26 Å². The summed E-state index contributed by atoms with van der Waals surface area (Å²) in [5.41, 5.74) is 1.11. The second-order valence-corrected chi connectivity index (χ2v) is 5.08. The number of nitrogens with one attached hydrogen (secondary N) is 1. The molecule has 0 radical (unpaired) electrons. The molecule has 0 bridgehead atoms. The van der Waals surface area contributed by atoms with Gasteiger partial charge in [0.05, 0.1) is 0 Å². The number of hydrogen-bond donors (Lipinski definition) is 1. The van der Waals surface area contributed by atoms with Crippen molar-refractivity contribution in [2.45, 2.75) is 13.0 Å². The highest BCUT2D eigenvalue weighted by Gasteiger charge is 2.12. The van der Waals surface area contributed by atoms with Crippen LogP contribution in [0, 0.1) is 11.3 Å². The Balaban J connectivity index is 2.04. The fourth-order valence-electron chi connectivity index (χ4n) is 2.17. The first-order valence-corrected chi connectivity index (χ1v) is 7.58. The number of amides is 1. The molecule has 0 fully saturated rings. The van der Waals surface area contributed by atoms with E-state index < -0.39 is 12.5 Å². The Bertz CT molecular complexity index is 784. The van der Waals surface area contributed by atoms with Crippen molar-refractivity contribution in [3.05, 3.63) is 71.3 Å². The molecule has 0 aromatic heterocycles. The molecule has 0 spiro atoms. The molecule has 1 N–H and O–H groups in total. The number of halogens is 2. The first-order valence-electron chi connectivity index (χ1n) is 7.58. The summed E-state index contributed by atoms with van der Waals surface area (Å²) in [6, 6.07) is 17.3. The first-order chi connectivity index (χ1) is 12.1. The minimum absolute atomic E-state index is 0.0951. The van der Waals surface area contributed by atoms with Gasteiger partial charge >= 0.3 is 6.61 Å². The lowest BCUT2D eigenvalue weighted by Gasteiger charge is -2.08. The summed E-state index contributed by atoms with van der Waals surface area (Å²) in [7, 11) is 0. The van der Waals surface area contributed by atoms with E-state index >= 15 is 0 Å². The van der Waals surface area contributed by atoms with Crippen molar-refractivity contribution in [3.63, 3.8) is 0 Å². The Morgan fingerprint density at radius 3 is 2.52 bits per heavy atom. The highest BCUT2D eigenvalue weighted by Crippen LogP contribution is 2.22. The van der Waals surface area contributed by atoms with Crippen LogP contribution in [0.5, 0.6) is 5.75 Å². The first kappa shape index (κ1) is 18.1. The number of hydrogen-bond acceptors (Lipinski definition) is 3. The average molecular weight is 342 g/mol. The summed E-state index contributed by atoms with van der Waals surface area (Å²) in [6.45, 7) is -2.63. The molecule has 2 aromatic carbocycles. The molecule has 0 aliphatic heterocycles. The summed E-state index contributed by atoms with van der Waals surface area (Å²) >= 11 is 0. The molecule has 0 aliphatic rings. The molecule has 0 saturated heterocycles. The number of carbonyl (C=O) groups is 1. The van der Waals surface area contributed by atoms with E-state index in [9.17, 15) is 18.8 Å². The van der Waals surface area contributed by atoms with Crippen LogP contribution in [0.3, 0.4) is 0 Å². The smallest absolute Gasteiger partial charge is 0.387 e. The van der Waals surface area contributed by atoms with Gasteiger partial charge in [0.1, 0.15) is 17.4 Å². The van der Waals surface area contributed by atoms with E-state index in [1.807, 2.05) is 30.3 Å². The largest absolute Gasteiger partial charge is 0.434 e. The van der Waals surface area contributed by atoms with Crippen LogP contribution in [0.1, 0.15) is 11.1 Å².